The number of nitrogens with zero attached hydrogens (tertiary/aromatic N) is 5. The van der Waals surface area contributed by atoms with Gasteiger partial charge in [0.2, 0.25) is 0 Å². The van der Waals surface area contributed by atoms with Crippen LogP contribution in [0.4, 0.5) is 0 Å². The standard InChI is InChI=1S/C13H12N6/c1-2-16-6-10-3-11(8-17-7-10)19-9-18-12(4-14)13(19)5-15/h3,7-9,16H,2,6H2,1H3. The summed E-state index contributed by atoms with van der Waals surface area (Å²) in [6.45, 7) is 3.61. The van der Waals surface area contributed by atoms with Crippen molar-refractivity contribution in [1.82, 2.24) is 19.9 Å². The largest absolute Gasteiger partial charge is 0.313 e. The van der Waals surface area contributed by atoms with Crippen LogP contribution in [0.5, 0.6) is 0 Å². The molecule has 0 amide bonds. The Morgan fingerprint density at radius 3 is 2.84 bits per heavy atom. The maximum absolute atomic E-state index is 9.10. The SMILES string of the molecule is CCNCc1cncc(-n2cnc(C#N)c2C#N)c1. The first-order valence-electron chi connectivity index (χ1n) is 5.82. The van der Waals surface area contributed by atoms with E-state index < -0.39 is 0 Å². The third kappa shape index (κ3) is 2.59. The number of aromatic nitrogens is 3. The molecule has 2 aromatic rings. The van der Waals surface area contributed by atoms with Crippen molar-refractivity contribution in [1.29, 1.82) is 10.5 Å². The number of hydrogen-bond acceptors (Lipinski definition) is 5. The summed E-state index contributed by atoms with van der Waals surface area (Å²) in [5, 5.41) is 21.2. The lowest BCUT2D eigenvalue weighted by Gasteiger charge is -2.06. The summed E-state index contributed by atoms with van der Waals surface area (Å²) in [7, 11) is 0. The van der Waals surface area contributed by atoms with Gasteiger partial charge in [0.1, 0.15) is 18.5 Å². The predicted molar refractivity (Wildman–Crippen MR) is 68.2 cm³/mol. The molecule has 6 heteroatoms. The lowest BCUT2D eigenvalue weighted by atomic mass is 10.2. The van der Waals surface area contributed by atoms with E-state index in [9.17, 15) is 0 Å². The minimum Gasteiger partial charge on any atom is -0.313 e. The second-order valence-electron chi connectivity index (χ2n) is 3.87. The van der Waals surface area contributed by atoms with Crippen molar-refractivity contribution in [3.05, 3.63) is 41.7 Å². The summed E-state index contributed by atoms with van der Waals surface area (Å²) < 4.78 is 1.57. The summed E-state index contributed by atoms with van der Waals surface area (Å²) in [6.07, 6.45) is 4.87. The molecule has 0 saturated carbocycles. The average Bonchev–Trinajstić information content (AvgIpc) is 2.88. The van der Waals surface area contributed by atoms with Gasteiger partial charge in [-0.1, -0.05) is 6.92 Å². The molecule has 0 aliphatic rings. The molecule has 6 nitrogen and oxygen atoms in total. The Bertz CT molecular complexity index is 659. The van der Waals surface area contributed by atoms with Crippen LogP contribution in [0.3, 0.4) is 0 Å². The van der Waals surface area contributed by atoms with Gasteiger partial charge >= 0.3 is 0 Å². The van der Waals surface area contributed by atoms with E-state index in [0.29, 0.717) is 6.54 Å². The first-order chi connectivity index (χ1) is 9.30. The van der Waals surface area contributed by atoms with Crippen molar-refractivity contribution in [2.24, 2.45) is 0 Å². The summed E-state index contributed by atoms with van der Waals surface area (Å²) in [6, 6.07) is 5.81. The summed E-state index contributed by atoms with van der Waals surface area (Å²) >= 11 is 0. The Kier molecular flexibility index (Phi) is 3.87. The number of imidazole rings is 1. The van der Waals surface area contributed by atoms with E-state index in [1.807, 2.05) is 25.1 Å². The molecule has 2 rings (SSSR count). The van der Waals surface area contributed by atoms with Crippen LogP contribution >= 0.6 is 0 Å². The molecule has 0 aliphatic carbocycles. The quantitative estimate of drug-likeness (QED) is 0.880. The van der Waals surface area contributed by atoms with Gasteiger partial charge in [0, 0.05) is 12.7 Å². The normalized spacial score (nSPS) is 9.84. The molecule has 2 heterocycles. The van der Waals surface area contributed by atoms with E-state index in [-0.39, 0.29) is 11.4 Å². The van der Waals surface area contributed by atoms with Crippen molar-refractivity contribution < 1.29 is 0 Å². The number of nitriles is 2. The Hall–Kier alpha value is -2.70. The summed E-state index contributed by atoms with van der Waals surface area (Å²) in [4.78, 5) is 8.05. The molecule has 0 atom stereocenters. The van der Waals surface area contributed by atoms with Crippen LogP contribution < -0.4 is 5.32 Å². The molecule has 0 spiro atoms. The van der Waals surface area contributed by atoms with Gasteiger partial charge in [0.05, 0.1) is 11.9 Å². The smallest absolute Gasteiger partial charge is 0.177 e. The van der Waals surface area contributed by atoms with Crippen molar-refractivity contribution >= 4 is 0 Å². The van der Waals surface area contributed by atoms with Gasteiger partial charge in [-0.25, -0.2) is 4.98 Å². The molecule has 2 aromatic heterocycles. The van der Waals surface area contributed by atoms with E-state index in [1.165, 1.54) is 6.33 Å². The third-order valence-electron chi connectivity index (χ3n) is 2.62. The van der Waals surface area contributed by atoms with Gasteiger partial charge in [0.25, 0.3) is 0 Å². The van der Waals surface area contributed by atoms with Crippen molar-refractivity contribution in [2.45, 2.75) is 13.5 Å². The van der Waals surface area contributed by atoms with E-state index in [2.05, 4.69) is 15.3 Å². The van der Waals surface area contributed by atoms with Gasteiger partial charge in [0.15, 0.2) is 11.4 Å². The molecule has 0 saturated heterocycles. The zero-order chi connectivity index (χ0) is 13.7. The van der Waals surface area contributed by atoms with Crippen LogP contribution in [0.2, 0.25) is 0 Å². The van der Waals surface area contributed by atoms with Crippen molar-refractivity contribution in [2.75, 3.05) is 6.54 Å². The molecule has 0 unspecified atom stereocenters. The Balaban J connectivity index is 2.40. The Labute approximate surface area is 111 Å². The first kappa shape index (κ1) is 12.7. The van der Waals surface area contributed by atoms with Gasteiger partial charge in [-0.15, -0.1) is 0 Å². The number of pyridine rings is 1. The van der Waals surface area contributed by atoms with Crippen molar-refractivity contribution in [3.8, 4) is 17.8 Å². The minimum absolute atomic E-state index is 0.125. The van der Waals surface area contributed by atoms with E-state index in [4.69, 9.17) is 10.5 Å². The molecule has 0 aliphatic heterocycles. The van der Waals surface area contributed by atoms with Crippen LogP contribution in [-0.2, 0) is 6.54 Å². The van der Waals surface area contributed by atoms with Gasteiger partial charge < -0.3 is 5.32 Å². The highest BCUT2D eigenvalue weighted by Gasteiger charge is 2.11. The predicted octanol–water partition coefficient (Wildman–Crippen LogP) is 1.12. The third-order valence-corrected chi connectivity index (χ3v) is 2.62. The molecular formula is C13H12N6. The van der Waals surface area contributed by atoms with E-state index >= 15 is 0 Å². The zero-order valence-corrected chi connectivity index (χ0v) is 10.5. The highest BCUT2D eigenvalue weighted by Crippen LogP contribution is 2.14. The minimum atomic E-state index is 0.125. The van der Waals surface area contributed by atoms with Crippen LogP contribution in [-0.4, -0.2) is 21.1 Å². The van der Waals surface area contributed by atoms with Gasteiger partial charge in [-0.3, -0.25) is 9.55 Å². The average molecular weight is 252 g/mol. The fourth-order valence-corrected chi connectivity index (χ4v) is 1.70. The fraction of sp³-hybridized carbons (Fsp3) is 0.231. The maximum Gasteiger partial charge on any atom is 0.177 e. The lowest BCUT2D eigenvalue weighted by molar-refractivity contribution is 0.723. The molecule has 0 fully saturated rings. The van der Waals surface area contributed by atoms with Gasteiger partial charge in [-0.2, -0.15) is 10.5 Å². The second-order valence-corrected chi connectivity index (χ2v) is 3.87. The van der Waals surface area contributed by atoms with Crippen LogP contribution in [0, 0.1) is 22.7 Å². The Morgan fingerprint density at radius 1 is 1.32 bits per heavy atom. The molecule has 0 bridgehead atoms. The Morgan fingerprint density at radius 2 is 2.16 bits per heavy atom. The van der Waals surface area contributed by atoms with Crippen LogP contribution in [0.25, 0.3) is 5.69 Å². The number of hydrogen-bond donors (Lipinski definition) is 1. The molecule has 19 heavy (non-hydrogen) atoms. The molecular weight excluding hydrogens is 240 g/mol. The monoisotopic (exact) mass is 252 g/mol. The molecule has 0 radical (unpaired) electrons. The van der Waals surface area contributed by atoms with E-state index in [1.54, 1.807) is 17.0 Å². The maximum atomic E-state index is 9.10. The van der Waals surface area contributed by atoms with Crippen LogP contribution in [0.15, 0.2) is 24.8 Å². The topological polar surface area (TPSA) is 90.3 Å². The zero-order valence-electron chi connectivity index (χ0n) is 10.5. The first-order valence-corrected chi connectivity index (χ1v) is 5.82. The summed E-state index contributed by atoms with van der Waals surface area (Å²) in [5.74, 6) is 0. The van der Waals surface area contributed by atoms with E-state index in [0.717, 1.165) is 17.8 Å². The highest BCUT2D eigenvalue weighted by atomic mass is 15.1. The van der Waals surface area contributed by atoms with Gasteiger partial charge in [-0.05, 0) is 18.2 Å². The highest BCUT2D eigenvalue weighted by molar-refractivity contribution is 5.44. The molecule has 0 aromatic carbocycles. The lowest BCUT2D eigenvalue weighted by Crippen LogP contribution is -2.12. The molecule has 1 N–H and O–H groups in total. The fourth-order valence-electron chi connectivity index (χ4n) is 1.70. The summed E-state index contributed by atoms with van der Waals surface area (Å²) in [5.41, 5.74) is 2.08. The van der Waals surface area contributed by atoms with Crippen LogP contribution in [0.1, 0.15) is 23.9 Å². The number of rotatable bonds is 4. The van der Waals surface area contributed by atoms with Crippen molar-refractivity contribution in [3.63, 3.8) is 0 Å². The second kappa shape index (κ2) is 5.76. The molecule has 94 valence electrons. The number of nitrogens with one attached hydrogen (secondary N) is 1.